The smallest absolute Gasteiger partial charge is 0.243 e. The molecule has 0 atom stereocenters. The zero-order chi connectivity index (χ0) is 13.6. The van der Waals surface area contributed by atoms with Crippen LogP contribution in [0.3, 0.4) is 0 Å². The third-order valence-electron chi connectivity index (χ3n) is 2.53. The molecule has 98 valence electrons. The number of rotatable bonds is 4. The lowest BCUT2D eigenvalue weighted by atomic mass is 10.2. The zero-order valence-electron chi connectivity index (χ0n) is 10.7. The van der Waals surface area contributed by atoms with Crippen molar-refractivity contribution < 1.29 is 8.42 Å². The molecular formula is C13H18N2O2S. The summed E-state index contributed by atoms with van der Waals surface area (Å²) in [5.74, 6) is 5.58. The van der Waals surface area contributed by atoms with Gasteiger partial charge in [0.25, 0.3) is 0 Å². The maximum absolute atomic E-state index is 12.2. The largest absolute Gasteiger partial charge is 0.320 e. The first kappa shape index (κ1) is 14.7. The minimum Gasteiger partial charge on any atom is -0.320 e. The first-order valence-electron chi connectivity index (χ1n) is 5.85. The molecule has 4 nitrogen and oxygen atoms in total. The average molecular weight is 266 g/mol. The summed E-state index contributed by atoms with van der Waals surface area (Å²) in [4.78, 5) is 0.296. The summed E-state index contributed by atoms with van der Waals surface area (Å²) in [7, 11) is -3.38. The number of hydrogen-bond acceptors (Lipinski definition) is 3. The monoisotopic (exact) mass is 266 g/mol. The van der Waals surface area contributed by atoms with Crippen molar-refractivity contribution in [1.29, 1.82) is 0 Å². The van der Waals surface area contributed by atoms with E-state index in [2.05, 4.69) is 11.8 Å². The number of hydrogen-bond donors (Lipinski definition) is 1. The van der Waals surface area contributed by atoms with Crippen LogP contribution in [-0.2, 0) is 10.0 Å². The minimum atomic E-state index is -3.38. The number of nitrogens with zero attached hydrogens (tertiary/aromatic N) is 1. The molecule has 0 aliphatic carbocycles. The van der Waals surface area contributed by atoms with E-state index >= 15 is 0 Å². The molecule has 1 rings (SSSR count). The van der Waals surface area contributed by atoms with Crippen LogP contribution in [0.1, 0.15) is 19.4 Å². The van der Waals surface area contributed by atoms with Crippen molar-refractivity contribution in [2.75, 3.05) is 19.6 Å². The van der Waals surface area contributed by atoms with E-state index in [1.807, 2.05) is 13.8 Å². The maximum atomic E-state index is 12.2. The first-order chi connectivity index (χ1) is 8.56. The van der Waals surface area contributed by atoms with Gasteiger partial charge in [0.05, 0.1) is 11.4 Å². The molecule has 0 radical (unpaired) electrons. The van der Waals surface area contributed by atoms with Gasteiger partial charge in [0, 0.05) is 18.7 Å². The van der Waals surface area contributed by atoms with Gasteiger partial charge < -0.3 is 5.73 Å². The Balaban J connectivity index is 3.04. The Morgan fingerprint density at radius 3 is 2.17 bits per heavy atom. The highest BCUT2D eigenvalue weighted by Crippen LogP contribution is 2.15. The average Bonchev–Trinajstić information content (AvgIpc) is 2.38. The van der Waals surface area contributed by atoms with E-state index in [4.69, 9.17) is 5.73 Å². The maximum Gasteiger partial charge on any atom is 0.243 e. The second kappa shape index (κ2) is 6.55. The van der Waals surface area contributed by atoms with E-state index in [1.165, 1.54) is 4.31 Å². The molecule has 0 heterocycles. The van der Waals surface area contributed by atoms with Crippen LogP contribution in [0.5, 0.6) is 0 Å². The van der Waals surface area contributed by atoms with Gasteiger partial charge in [-0.3, -0.25) is 0 Å². The molecule has 0 spiro atoms. The molecule has 2 N–H and O–H groups in total. The Morgan fingerprint density at radius 1 is 1.17 bits per heavy atom. The Hall–Kier alpha value is -1.35. The van der Waals surface area contributed by atoms with Crippen LogP contribution in [0.4, 0.5) is 0 Å². The molecule has 0 unspecified atom stereocenters. The van der Waals surface area contributed by atoms with Gasteiger partial charge in [-0.25, -0.2) is 8.42 Å². The van der Waals surface area contributed by atoms with Crippen molar-refractivity contribution in [3.63, 3.8) is 0 Å². The van der Waals surface area contributed by atoms with Crippen LogP contribution < -0.4 is 5.73 Å². The van der Waals surface area contributed by atoms with Crippen LogP contribution in [0.25, 0.3) is 0 Å². The number of benzene rings is 1. The summed E-state index contributed by atoms with van der Waals surface area (Å²) in [6.07, 6.45) is 0. The van der Waals surface area contributed by atoms with Crippen molar-refractivity contribution in [3.05, 3.63) is 29.8 Å². The SMILES string of the molecule is CCN(CC)S(=O)(=O)c1ccc(C#CCN)cc1. The topological polar surface area (TPSA) is 63.4 Å². The lowest BCUT2D eigenvalue weighted by Gasteiger charge is -2.18. The van der Waals surface area contributed by atoms with Gasteiger partial charge in [-0.1, -0.05) is 25.7 Å². The Morgan fingerprint density at radius 2 is 1.72 bits per heavy atom. The van der Waals surface area contributed by atoms with Crippen LogP contribution in [0, 0.1) is 11.8 Å². The second-order valence-electron chi connectivity index (χ2n) is 3.62. The lowest BCUT2D eigenvalue weighted by Crippen LogP contribution is -2.30. The van der Waals surface area contributed by atoms with Gasteiger partial charge >= 0.3 is 0 Å². The zero-order valence-corrected chi connectivity index (χ0v) is 11.5. The quantitative estimate of drug-likeness (QED) is 0.828. The van der Waals surface area contributed by atoms with Gasteiger partial charge in [-0.15, -0.1) is 0 Å². The van der Waals surface area contributed by atoms with E-state index < -0.39 is 10.0 Å². The predicted octanol–water partition coefficient (Wildman–Crippen LogP) is 1.03. The lowest BCUT2D eigenvalue weighted by molar-refractivity contribution is 0.445. The van der Waals surface area contributed by atoms with Gasteiger partial charge in [-0.2, -0.15) is 4.31 Å². The molecule has 0 fully saturated rings. The standard InChI is InChI=1S/C13H18N2O2S/c1-3-15(4-2)18(16,17)13-9-7-12(8-10-13)6-5-11-14/h7-10H,3-4,11,14H2,1-2H3. The van der Waals surface area contributed by atoms with E-state index in [0.717, 1.165) is 5.56 Å². The molecular weight excluding hydrogens is 248 g/mol. The minimum absolute atomic E-state index is 0.291. The van der Waals surface area contributed by atoms with E-state index in [1.54, 1.807) is 24.3 Å². The molecule has 0 aliphatic rings. The van der Waals surface area contributed by atoms with Gasteiger partial charge in [0.15, 0.2) is 0 Å². The van der Waals surface area contributed by atoms with Crippen molar-refractivity contribution in [1.82, 2.24) is 4.31 Å². The number of nitrogens with two attached hydrogens (primary N) is 1. The molecule has 5 heteroatoms. The van der Waals surface area contributed by atoms with Crippen molar-refractivity contribution in [3.8, 4) is 11.8 Å². The molecule has 0 saturated heterocycles. The summed E-state index contributed by atoms with van der Waals surface area (Å²) < 4.78 is 25.8. The summed E-state index contributed by atoms with van der Waals surface area (Å²) in [6, 6.07) is 6.54. The van der Waals surface area contributed by atoms with Crippen molar-refractivity contribution in [2.45, 2.75) is 18.7 Å². The second-order valence-corrected chi connectivity index (χ2v) is 5.56. The van der Waals surface area contributed by atoms with Crippen LogP contribution in [0.2, 0.25) is 0 Å². The molecule has 0 amide bonds. The third-order valence-corrected chi connectivity index (χ3v) is 4.60. The highest BCUT2D eigenvalue weighted by atomic mass is 32.2. The Kier molecular flexibility index (Phi) is 5.35. The first-order valence-corrected chi connectivity index (χ1v) is 7.29. The van der Waals surface area contributed by atoms with E-state index in [0.29, 0.717) is 24.5 Å². The highest BCUT2D eigenvalue weighted by Gasteiger charge is 2.20. The fourth-order valence-corrected chi connectivity index (χ4v) is 3.03. The fourth-order valence-electron chi connectivity index (χ4n) is 1.58. The van der Waals surface area contributed by atoms with Crippen molar-refractivity contribution in [2.24, 2.45) is 5.73 Å². The molecule has 0 aromatic heterocycles. The van der Waals surface area contributed by atoms with Crippen LogP contribution in [-0.4, -0.2) is 32.4 Å². The Bertz CT molecular complexity index is 535. The van der Waals surface area contributed by atoms with Gasteiger partial charge in [-0.05, 0) is 24.3 Å². The van der Waals surface area contributed by atoms with Gasteiger partial charge in [0.1, 0.15) is 0 Å². The van der Waals surface area contributed by atoms with Crippen LogP contribution in [0.15, 0.2) is 29.2 Å². The predicted molar refractivity (Wildman–Crippen MR) is 72.5 cm³/mol. The Labute approximate surface area is 109 Å². The summed E-state index contributed by atoms with van der Waals surface area (Å²) in [6.45, 7) is 4.87. The summed E-state index contributed by atoms with van der Waals surface area (Å²) in [5, 5.41) is 0. The van der Waals surface area contributed by atoms with Crippen molar-refractivity contribution >= 4 is 10.0 Å². The highest BCUT2D eigenvalue weighted by molar-refractivity contribution is 7.89. The summed E-state index contributed by atoms with van der Waals surface area (Å²) in [5.41, 5.74) is 6.04. The molecule has 18 heavy (non-hydrogen) atoms. The normalized spacial score (nSPS) is 11.1. The fraction of sp³-hybridized carbons (Fsp3) is 0.385. The van der Waals surface area contributed by atoms with E-state index in [-0.39, 0.29) is 0 Å². The number of sulfonamides is 1. The molecule has 1 aromatic carbocycles. The summed E-state index contributed by atoms with van der Waals surface area (Å²) >= 11 is 0. The molecule has 0 bridgehead atoms. The van der Waals surface area contributed by atoms with E-state index in [9.17, 15) is 8.42 Å². The molecule has 1 aromatic rings. The van der Waals surface area contributed by atoms with Crippen LogP contribution >= 0.6 is 0 Å². The molecule has 0 aliphatic heterocycles. The third kappa shape index (κ3) is 3.33. The molecule has 0 saturated carbocycles. The van der Waals surface area contributed by atoms with Gasteiger partial charge in [0.2, 0.25) is 10.0 Å².